The van der Waals surface area contributed by atoms with Crippen molar-refractivity contribution < 1.29 is 19.2 Å². The van der Waals surface area contributed by atoms with Crippen LogP contribution in [0, 0.1) is 13.8 Å². The zero-order chi connectivity index (χ0) is 20.3. The molecule has 0 saturated carbocycles. The number of hydrogen-bond acceptors (Lipinski definition) is 6. The molecule has 2 aromatic rings. The summed E-state index contributed by atoms with van der Waals surface area (Å²) in [5.74, 6) is 0.550. The molecule has 1 fully saturated rings. The SMILES string of the molecule is COCC(=O)N[C@H]1[C@H](c2ccccc2)N(Cc2c(C)noc2C)CC[C@@]1(C)O. The van der Waals surface area contributed by atoms with Gasteiger partial charge in [0.2, 0.25) is 5.91 Å². The number of nitrogens with zero attached hydrogens (tertiary/aromatic N) is 2. The Bertz CT molecular complexity index is 784. The molecule has 0 radical (unpaired) electrons. The molecule has 1 aromatic carbocycles. The van der Waals surface area contributed by atoms with E-state index in [1.165, 1.54) is 7.11 Å². The predicted molar refractivity (Wildman–Crippen MR) is 105 cm³/mol. The van der Waals surface area contributed by atoms with Crippen LogP contribution >= 0.6 is 0 Å². The van der Waals surface area contributed by atoms with Crippen molar-refractivity contribution in [2.24, 2.45) is 0 Å². The van der Waals surface area contributed by atoms with Gasteiger partial charge in [-0.1, -0.05) is 35.5 Å². The van der Waals surface area contributed by atoms with Gasteiger partial charge in [0.1, 0.15) is 12.4 Å². The second kappa shape index (κ2) is 8.43. The first-order valence-electron chi connectivity index (χ1n) is 9.55. The highest BCUT2D eigenvalue weighted by molar-refractivity contribution is 5.77. The fourth-order valence-corrected chi connectivity index (χ4v) is 3.96. The molecule has 3 atom stereocenters. The van der Waals surface area contributed by atoms with Gasteiger partial charge in [0.15, 0.2) is 0 Å². The van der Waals surface area contributed by atoms with E-state index in [0.717, 1.165) is 22.6 Å². The maximum Gasteiger partial charge on any atom is 0.246 e. The number of hydrogen-bond donors (Lipinski definition) is 2. The van der Waals surface area contributed by atoms with Crippen molar-refractivity contribution in [3.63, 3.8) is 0 Å². The minimum Gasteiger partial charge on any atom is -0.388 e. The van der Waals surface area contributed by atoms with Crippen molar-refractivity contribution in [2.75, 3.05) is 20.3 Å². The predicted octanol–water partition coefficient (Wildman–Crippen LogP) is 2.12. The largest absolute Gasteiger partial charge is 0.388 e. The van der Waals surface area contributed by atoms with Crippen LogP contribution < -0.4 is 5.32 Å². The normalized spacial score (nSPS) is 25.6. The molecule has 28 heavy (non-hydrogen) atoms. The Balaban J connectivity index is 1.97. The number of benzene rings is 1. The zero-order valence-electron chi connectivity index (χ0n) is 16.9. The standard InChI is InChI=1S/C21H29N3O4/c1-14-17(15(2)28-23-14)12-24-11-10-21(3,26)20(22-18(25)13-27-4)19(24)16-8-6-5-7-9-16/h5-9,19-20,26H,10-13H2,1-4H3,(H,22,25)/t19-,20-,21+/m0/s1. The molecule has 1 aliphatic rings. The molecule has 0 bridgehead atoms. The van der Waals surface area contributed by atoms with E-state index in [0.29, 0.717) is 19.5 Å². The van der Waals surface area contributed by atoms with Crippen LogP contribution in [0.5, 0.6) is 0 Å². The van der Waals surface area contributed by atoms with E-state index in [9.17, 15) is 9.90 Å². The van der Waals surface area contributed by atoms with Gasteiger partial charge >= 0.3 is 0 Å². The number of nitrogens with one attached hydrogen (secondary N) is 1. The van der Waals surface area contributed by atoms with E-state index in [2.05, 4.69) is 15.4 Å². The smallest absolute Gasteiger partial charge is 0.246 e. The highest BCUT2D eigenvalue weighted by atomic mass is 16.5. The Hall–Kier alpha value is -2.22. The highest BCUT2D eigenvalue weighted by Gasteiger charge is 2.46. The first kappa shape index (κ1) is 20.5. The van der Waals surface area contributed by atoms with Gasteiger partial charge in [-0.25, -0.2) is 0 Å². The molecular formula is C21H29N3O4. The summed E-state index contributed by atoms with van der Waals surface area (Å²) in [6, 6.07) is 9.29. The minimum atomic E-state index is -1.04. The van der Waals surface area contributed by atoms with Crippen molar-refractivity contribution >= 4 is 5.91 Å². The van der Waals surface area contributed by atoms with Crippen LogP contribution in [0.4, 0.5) is 0 Å². The maximum atomic E-state index is 12.3. The lowest BCUT2D eigenvalue weighted by Gasteiger charge is -2.49. The Morgan fingerprint density at radius 1 is 1.39 bits per heavy atom. The second-order valence-corrected chi connectivity index (χ2v) is 7.71. The third-order valence-electron chi connectivity index (χ3n) is 5.56. The maximum absolute atomic E-state index is 12.3. The van der Waals surface area contributed by atoms with Crippen LogP contribution in [0.1, 0.15) is 42.0 Å². The summed E-state index contributed by atoms with van der Waals surface area (Å²) in [4.78, 5) is 14.6. The Morgan fingerprint density at radius 3 is 2.71 bits per heavy atom. The molecular weight excluding hydrogens is 358 g/mol. The number of ether oxygens (including phenoxy) is 1. The summed E-state index contributed by atoms with van der Waals surface area (Å²) in [5, 5.41) is 18.2. The molecule has 2 heterocycles. The summed E-state index contributed by atoms with van der Waals surface area (Å²) in [6.45, 7) is 6.90. The first-order valence-corrected chi connectivity index (χ1v) is 9.55. The second-order valence-electron chi connectivity index (χ2n) is 7.71. The number of rotatable bonds is 6. The number of likely N-dealkylation sites (tertiary alicyclic amines) is 1. The number of aryl methyl sites for hydroxylation is 2. The van der Waals surface area contributed by atoms with Crippen molar-refractivity contribution in [1.29, 1.82) is 0 Å². The van der Waals surface area contributed by atoms with Crippen LogP contribution in [-0.4, -0.2) is 53.0 Å². The van der Waals surface area contributed by atoms with E-state index in [1.54, 1.807) is 6.92 Å². The van der Waals surface area contributed by atoms with Gasteiger partial charge in [-0.05, 0) is 32.8 Å². The number of methoxy groups -OCH3 is 1. The first-order chi connectivity index (χ1) is 13.3. The molecule has 2 N–H and O–H groups in total. The quantitative estimate of drug-likeness (QED) is 0.789. The van der Waals surface area contributed by atoms with Crippen LogP contribution in [0.3, 0.4) is 0 Å². The van der Waals surface area contributed by atoms with E-state index in [1.807, 2.05) is 44.2 Å². The van der Waals surface area contributed by atoms with Gasteiger partial charge in [-0.15, -0.1) is 0 Å². The fourth-order valence-electron chi connectivity index (χ4n) is 3.96. The molecule has 0 aliphatic carbocycles. The number of aliphatic hydroxyl groups is 1. The molecule has 0 unspecified atom stereocenters. The van der Waals surface area contributed by atoms with Crippen molar-refractivity contribution in [2.45, 2.75) is 51.4 Å². The Labute approximate surface area is 165 Å². The average Bonchev–Trinajstić information content (AvgIpc) is 2.97. The third-order valence-corrected chi connectivity index (χ3v) is 5.56. The summed E-state index contributed by atoms with van der Waals surface area (Å²) in [7, 11) is 1.48. The molecule has 1 aromatic heterocycles. The van der Waals surface area contributed by atoms with E-state index < -0.39 is 11.6 Å². The van der Waals surface area contributed by atoms with Crippen LogP contribution in [0.2, 0.25) is 0 Å². The number of aromatic nitrogens is 1. The van der Waals surface area contributed by atoms with E-state index in [-0.39, 0.29) is 18.6 Å². The van der Waals surface area contributed by atoms with Gasteiger partial charge in [-0.2, -0.15) is 0 Å². The van der Waals surface area contributed by atoms with Gasteiger partial charge < -0.3 is 19.7 Å². The van der Waals surface area contributed by atoms with Gasteiger partial charge in [0.25, 0.3) is 0 Å². The van der Waals surface area contributed by atoms with Crippen LogP contribution in [-0.2, 0) is 16.1 Å². The van der Waals surface area contributed by atoms with Crippen LogP contribution in [0.15, 0.2) is 34.9 Å². The molecule has 7 nitrogen and oxygen atoms in total. The molecule has 152 valence electrons. The average molecular weight is 387 g/mol. The number of carbonyl (C=O) groups is 1. The summed E-state index contributed by atoms with van der Waals surface area (Å²) in [5.41, 5.74) is 1.90. The highest BCUT2D eigenvalue weighted by Crippen LogP contribution is 2.38. The summed E-state index contributed by atoms with van der Waals surface area (Å²) in [6.07, 6.45) is 0.539. The lowest BCUT2D eigenvalue weighted by molar-refractivity contribution is -0.132. The van der Waals surface area contributed by atoms with Gasteiger partial charge in [0.05, 0.1) is 23.4 Å². The van der Waals surface area contributed by atoms with Crippen LogP contribution in [0.25, 0.3) is 0 Å². The third kappa shape index (κ3) is 4.27. The summed E-state index contributed by atoms with van der Waals surface area (Å²) >= 11 is 0. The Morgan fingerprint density at radius 2 is 2.11 bits per heavy atom. The van der Waals surface area contributed by atoms with Crippen molar-refractivity contribution in [3.05, 3.63) is 52.9 Å². The fraction of sp³-hybridized carbons (Fsp3) is 0.524. The zero-order valence-corrected chi connectivity index (χ0v) is 16.9. The monoisotopic (exact) mass is 387 g/mol. The van der Waals surface area contributed by atoms with Gasteiger partial charge in [-0.3, -0.25) is 9.69 Å². The van der Waals surface area contributed by atoms with Crippen molar-refractivity contribution in [3.8, 4) is 0 Å². The van der Waals surface area contributed by atoms with Crippen molar-refractivity contribution in [1.82, 2.24) is 15.4 Å². The van der Waals surface area contributed by atoms with Gasteiger partial charge in [0, 0.05) is 25.8 Å². The molecule has 7 heteroatoms. The lowest BCUT2D eigenvalue weighted by Crippen LogP contribution is -2.62. The molecule has 0 spiro atoms. The van der Waals surface area contributed by atoms with E-state index >= 15 is 0 Å². The lowest BCUT2D eigenvalue weighted by atomic mass is 9.79. The topological polar surface area (TPSA) is 87.8 Å². The molecule has 1 amide bonds. The molecule has 3 rings (SSSR count). The summed E-state index contributed by atoms with van der Waals surface area (Å²) < 4.78 is 10.3. The number of amides is 1. The van der Waals surface area contributed by atoms with E-state index in [4.69, 9.17) is 9.26 Å². The molecule has 1 aliphatic heterocycles. The molecule has 1 saturated heterocycles. The number of carbonyl (C=O) groups excluding carboxylic acids is 1. The minimum absolute atomic E-state index is 0.0437. The number of piperidine rings is 1. The Kier molecular flexibility index (Phi) is 6.17.